The lowest BCUT2D eigenvalue weighted by atomic mass is 10.2. The molecule has 0 spiro atoms. The maximum atomic E-state index is 5.42. The van der Waals surface area contributed by atoms with Gasteiger partial charge in [-0.3, -0.25) is 4.90 Å². The molecule has 1 aliphatic rings. The maximum Gasteiger partial charge on any atom is 0.191 e. The first kappa shape index (κ1) is 16.3. The molecule has 0 N–H and O–H groups in total. The van der Waals surface area contributed by atoms with Crippen LogP contribution in [0.1, 0.15) is 0 Å². The van der Waals surface area contributed by atoms with Crippen LogP contribution in [0, 0.1) is 0 Å². The van der Waals surface area contributed by atoms with E-state index in [0.29, 0.717) is 0 Å². The maximum absolute atomic E-state index is 5.42. The molecule has 7 heteroatoms. The van der Waals surface area contributed by atoms with Crippen LogP contribution in [0.25, 0.3) is 11.4 Å². The number of hydrogen-bond donors (Lipinski definition) is 0. The van der Waals surface area contributed by atoms with Gasteiger partial charge in [-0.1, -0.05) is 23.9 Å². The van der Waals surface area contributed by atoms with Crippen molar-refractivity contribution in [1.29, 1.82) is 0 Å². The second kappa shape index (κ2) is 7.81. The minimum absolute atomic E-state index is 0.813. The fourth-order valence-electron chi connectivity index (χ4n) is 2.60. The van der Waals surface area contributed by atoms with Crippen LogP contribution in [0.4, 0.5) is 0 Å². The van der Waals surface area contributed by atoms with Gasteiger partial charge in [-0.15, -0.1) is 10.2 Å². The predicted octanol–water partition coefficient (Wildman–Crippen LogP) is 1.91. The SMILES string of the molecule is COc1ccccc1-c1nnc(SCCN2CCOCC2)n1C. The number of aromatic nitrogens is 3. The molecule has 2 heterocycles. The smallest absolute Gasteiger partial charge is 0.191 e. The molecule has 0 amide bonds. The van der Waals surface area contributed by atoms with Crippen molar-refractivity contribution >= 4 is 11.8 Å². The Morgan fingerprint density at radius 3 is 2.78 bits per heavy atom. The van der Waals surface area contributed by atoms with E-state index in [-0.39, 0.29) is 0 Å². The summed E-state index contributed by atoms with van der Waals surface area (Å²) in [6, 6.07) is 7.88. The lowest BCUT2D eigenvalue weighted by Gasteiger charge is -2.26. The van der Waals surface area contributed by atoms with Gasteiger partial charge >= 0.3 is 0 Å². The molecule has 23 heavy (non-hydrogen) atoms. The third kappa shape index (κ3) is 3.85. The van der Waals surface area contributed by atoms with Crippen molar-refractivity contribution in [3.63, 3.8) is 0 Å². The fraction of sp³-hybridized carbons (Fsp3) is 0.500. The number of nitrogens with zero attached hydrogens (tertiary/aromatic N) is 4. The third-order valence-corrected chi connectivity index (χ3v) is 4.93. The molecule has 0 unspecified atom stereocenters. The number of benzene rings is 1. The fourth-order valence-corrected chi connectivity index (χ4v) is 3.51. The average Bonchev–Trinajstić information content (AvgIpc) is 2.96. The number of para-hydroxylation sites is 1. The first-order valence-corrected chi connectivity index (χ1v) is 8.74. The van der Waals surface area contributed by atoms with Gasteiger partial charge < -0.3 is 14.0 Å². The van der Waals surface area contributed by atoms with Gasteiger partial charge in [0.1, 0.15) is 5.75 Å². The van der Waals surface area contributed by atoms with Crippen molar-refractivity contribution in [2.24, 2.45) is 7.05 Å². The van der Waals surface area contributed by atoms with Gasteiger partial charge in [0.25, 0.3) is 0 Å². The number of rotatable bonds is 6. The molecule has 0 atom stereocenters. The van der Waals surface area contributed by atoms with Crippen LogP contribution in [-0.2, 0) is 11.8 Å². The zero-order valence-corrected chi connectivity index (χ0v) is 14.4. The zero-order valence-electron chi connectivity index (χ0n) is 13.6. The highest BCUT2D eigenvalue weighted by Crippen LogP contribution is 2.29. The minimum Gasteiger partial charge on any atom is -0.496 e. The zero-order chi connectivity index (χ0) is 16.1. The normalized spacial score (nSPS) is 15.7. The molecule has 6 nitrogen and oxygen atoms in total. The van der Waals surface area contributed by atoms with Gasteiger partial charge in [0.2, 0.25) is 0 Å². The highest BCUT2D eigenvalue weighted by atomic mass is 32.2. The van der Waals surface area contributed by atoms with Crippen molar-refractivity contribution in [2.75, 3.05) is 45.7 Å². The molecule has 0 radical (unpaired) electrons. The van der Waals surface area contributed by atoms with Crippen molar-refractivity contribution in [2.45, 2.75) is 5.16 Å². The van der Waals surface area contributed by atoms with E-state index in [2.05, 4.69) is 15.1 Å². The standard InChI is InChI=1S/C16H22N4O2S/c1-19-15(13-5-3-4-6-14(13)21-2)17-18-16(19)23-12-9-20-7-10-22-11-8-20/h3-6H,7-12H2,1-2H3. The topological polar surface area (TPSA) is 52.4 Å². The molecular formula is C16H22N4O2S. The summed E-state index contributed by atoms with van der Waals surface area (Å²) in [4.78, 5) is 2.42. The van der Waals surface area contributed by atoms with Crippen LogP contribution in [0.15, 0.2) is 29.4 Å². The quantitative estimate of drug-likeness (QED) is 0.752. The second-order valence-corrected chi connectivity index (χ2v) is 6.43. The van der Waals surface area contributed by atoms with E-state index in [9.17, 15) is 0 Å². The Kier molecular flexibility index (Phi) is 5.53. The van der Waals surface area contributed by atoms with Crippen molar-refractivity contribution < 1.29 is 9.47 Å². The summed E-state index contributed by atoms with van der Waals surface area (Å²) in [5, 5.41) is 9.60. The molecule has 0 aliphatic carbocycles. The Morgan fingerprint density at radius 2 is 2.00 bits per heavy atom. The highest BCUT2D eigenvalue weighted by molar-refractivity contribution is 7.99. The first-order valence-electron chi connectivity index (χ1n) is 7.75. The van der Waals surface area contributed by atoms with E-state index in [1.54, 1.807) is 18.9 Å². The molecule has 1 aromatic heterocycles. The lowest BCUT2D eigenvalue weighted by molar-refractivity contribution is 0.0410. The van der Waals surface area contributed by atoms with Gasteiger partial charge in [-0.25, -0.2) is 0 Å². The van der Waals surface area contributed by atoms with E-state index in [4.69, 9.17) is 9.47 Å². The van der Waals surface area contributed by atoms with Gasteiger partial charge in [-0.2, -0.15) is 0 Å². The summed E-state index contributed by atoms with van der Waals surface area (Å²) < 4.78 is 12.8. The molecule has 1 fully saturated rings. The van der Waals surface area contributed by atoms with Crippen LogP contribution in [0.3, 0.4) is 0 Å². The van der Waals surface area contributed by atoms with Gasteiger partial charge in [-0.05, 0) is 12.1 Å². The number of methoxy groups -OCH3 is 1. The first-order chi connectivity index (χ1) is 11.3. The Labute approximate surface area is 140 Å². The number of morpholine rings is 1. The van der Waals surface area contributed by atoms with Gasteiger partial charge in [0, 0.05) is 32.4 Å². The molecule has 2 aromatic rings. The van der Waals surface area contributed by atoms with Gasteiger partial charge in [0.15, 0.2) is 11.0 Å². The number of thioether (sulfide) groups is 1. The van der Waals surface area contributed by atoms with Crippen LogP contribution >= 0.6 is 11.8 Å². The highest BCUT2D eigenvalue weighted by Gasteiger charge is 2.15. The molecule has 1 aromatic carbocycles. The predicted molar refractivity (Wildman–Crippen MR) is 91.0 cm³/mol. The molecule has 0 bridgehead atoms. The summed E-state index contributed by atoms with van der Waals surface area (Å²) in [5.41, 5.74) is 0.963. The molecule has 124 valence electrons. The summed E-state index contributed by atoms with van der Waals surface area (Å²) in [6.45, 7) is 4.77. The number of hydrogen-bond acceptors (Lipinski definition) is 6. The van der Waals surface area contributed by atoms with Crippen LogP contribution < -0.4 is 4.74 Å². The molecule has 1 aliphatic heterocycles. The summed E-state index contributed by atoms with van der Waals surface area (Å²) >= 11 is 1.74. The van der Waals surface area contributed by atoms with Crippen LogP contribution in [-0.4, -0.2) is 65.4 Å². The number of ether oxygens (including phenoxy) is 2. The Balaban J connectivity index is 1.64. The van der Waals surface area contributed by atoms with E-state index >= 15 is 0 Å². The largest absolute Gasteiger partial charge is 0.496 e. The summed E-state index contributed by atoms with van der Waals surface area (Å²) in [6.07, 6.45) is 0. The second-order valence-electron chi connectivity index (χ2n) is 5.37. The Hall–Kier alpha value is -1.57. The van der Waals surface area contributed by atoms with Crippen LogP contribution in [0.2, 0.25) is 0 Å². The monoisotopic (exact) mass is 334 g/mol. The minimum atomic E-state index is 0.813. The van der Waals surface area contributed by atoms with E-state index in [1.165, 1.54) is 0 Å². The summed E-state index contributed by atoms with van der Waals surface area (Å²) in [5.74, 6) is 2.64. The molecule has 1 saturated heterocycles. The van der Waals surface area contributed by atoms with Crippen molar-refractivity contribution in [3.8, 4) is 17.1 Å². The van der Waals surface area contributed by atoms with Crippen LogP contribution in [0.5, 0.6) is 5.75 Å². The van der Waals surface area contributed by atoms with E-state index in [1.807, 2.05) is 35.9 Å². The molecule has 3 rings (SSSR count). The van der Waals surface area contributed by atoms with E-state index in [0.717, 1.165) is 60.9 Å². The Morgan fingerprint density at radius 1 is 1.22 bits per heavy atom. The average molecular weight is 334 g/mol. The van der Waals surface area contributed by atoms with Crippen molar-refractivity contribution in [3.05, 3.63) is 24.3 Å². The summed E-state index contributed by atoms with van der Waals surface area (Å²) in [7, 11) is 3.67. The lowest BCUT2D eigenvalue weighted by Crippen LogP contribution is -2.37. The van der Waals surface area contributed by atoms with E-state index < -0.39 is 0 Å². The Bertz CT molecular complexity index is 641. The molecular weight excluding hydrogens is 312 g/mol. The van der Waals surface area contributed by atoms with Gasteiger partial charge in [0.05, 0.1) is 25.9 Å². The molecule has 0 saturated carbocycles. The third-order valence-electron chi connectivity index (χ3n) is 3.93. The van der Waals surface area contributed by atoms with Crippen molar-refractivity contribution in [1.82, 2.24) is 19.7 Å².